The normalized spacial score (nSPS) is 17.1. The van der Waals surface area contributed by atoms with Crippen LogP contribution in [0.15, 0.2) is 18.2 Å². The summed E-state index contributed by atoms with van der Waals surface area (Å²) in [6.45, 7) is 9.18. The number of hydrogen-bond donors (Lipinski definition) is 0. The van der Waals surface area contributed by atoms with E-state index in [1.165, 1.54) is 0 Å². The molecule has 0 aliphatic carbocycles. The van der Waals surface area contributed by atoms with E-state index < -0.39 is 0 Å². The molecule has 1 saturated heterocycles. The summed E-state index contributed by atoms with van der Waals surface area (Å²) in [5, 5.41) is 12.7. The maximum absolute atomic E-state index is 5.72. The zero-order chi connectivity index (χ0) is 20.1. The Bertz CT molecular complexity index is 755. The molecule has 1 aromatic heterocycles. The molecule has 1 aromatic carbocycles. The van der Waals surface area contributed by atoms with Crippen LogP contribution in [-0.4, -0.2) is 77.5 Å². The number of nitrogens with zero attached hydrogens (tertiary/aromatic N) is 6. The third-order valence-electron chi connectivity index (χ3n) is 5.36. The number of tetrazole rings is 1. The molecule has 1 atom stereocenters. The molecule has 1 aliphatic rings. The van der Waals surface area contributed by atoms with E-state index in [0.717, 1.165) is 62.0 Å². The van der Waals surface area contributed by atoms with Crippen molar-refractivity contribution in [2.75, 3.05) is 47.4 Å². The number of hydrogen-bond acceptors (Lipinski definition) is 7. The van der Waals surface area contributed by atoms with Gasteiger partial charge >= 0.3 is 0 Å². The second-order valence-corrected chi connectivity index (χ2v) is 7.79. The van der Waals surface area contributed by atoms with Crippen LogP contribution in [0.25, 0.3) is 0 Å². The molecule has 1 aliphatic heterocycles. The molecule has 0 unspecified atom stereocenters. The van der Waals surface area contributed by atoms with Crippen LogP contribution in [0.1, 0.15) is 37.7 Å². The van der Waals surface area contributed by atoms with Crippen molar-refractivity contribution < 1.29 is 9.47 Å². The molecule has 28 heavy (non-hydrogen) atoms. The summed E-state index contributed by atoms with van der Waals surface area (Å²) >= 11 is 0. The number of piperazine rings is 1. The first-order chi connectivity index (χ1) is 13.5. The Morgan fingerprint density at radius 1 is 1.07 bits per heavy atom. The van der Waals surface area contributed by atoms with Crippen molar-refractivity contribution in [1.29, 1.82) is 0 Å². The van der Waals surface area contributed by atoms with Crippen molar-refractivity contribution in [1.82, 2.24) is 30.0 Å². The summed E-state index contributed by atoms with van der Waals surface area (Å²) in [6, 6.07) is 5.92. The van der Waals surface area contributed by atoms with Crippen molar-refractivity contribution in [3.8, 4) is 11.5 Å². The molecular formula is C20H32N6O2. The van der Waals surface area contributed by atoms with E-state index in [-0.39, 0.29) is 6.04 Å². The standard InChI is InChI=1S/C20H32N6O2/c1-15(2)8-9-26-20(21-22-23-26)19(25-12-10-24(3)11-13-25)17-7-6-16(27-4)14-18(17)28-5/h6-7,14-15,19H,8-13H2,1-5H3/t19-/m1/s1. The molecule has 0 N–H and O–H groups in total. The van der Waals surface area contributed by atoms with Gasteiger partial charge in [0.2, 0.25) is 0 Å². The van der Waals surface area contributed by atoms with Crippen LogP contribution in [0.3, 0.4) is 0 Å². The van der Waals surface area contributed by atoms with Gasteiger partial charge in [-0.1, -0.05) is 13.8 Å². The summed E-state index contributed by atoms with van der Waals surface area (Å²) in [5.74, 6) is 3.03. The lowest BCUT2D eigenvalue weighted by Crippen LogP contribution is -2.46. The summed E-state index contributed by atoms with van der Waals surface area (Å²) < 4.78 is 13.1. The molecule has 0 spiro atoms. The summed E-state index contributed by atoms with van der Waals surface area (Å²) in [6.07, 6.45) is 1.03. The summed E-state index contributed by atoms with van der Waals surface area (Å²) in [4.78, 5) is 4.79. The van der Waals surface area contributed by atoms with Gasteiger partial charge in [0.15, 0.2) is 5.82 Å². The SMILES string of the molecule is COc1ccc([C@H](c2nnnn2CCC(C)C)N2CCN(C)CC2)c(OC)c1. The van der Waals surface area contributed by atoms with Crippen LogP contribution in [0.5, 0.6) is 11.5 Å². The predicted octanol–water partition coefficient (Wildman–Crippen LogP) is 2.07. The van der Waals surface area contributed by atoms with Gasteiger partial charge in [0.05, 0.1) is 14.2 Å². The maximum atomic E-state index is 5.72. The first-order valence-electron chi connectivity index (χ1n) is 9.94. The largest absolute Gasteiger partial charge is 0.497 e. The van der Waals surface area contributed by atoms with E-state index in [9.17, 15) is 0 Å². The van der Waals surface area contributed by atoms with Gasteiger partial charge in [-0.25, -0.2) is 4.68 Å². The Balaban J connectivity index is 2.01. The van der Waals surface area contributed by atoms with Gasteiger partial charge in [-0.3, -0.25) is 4.90 Å². The highest BCUT2D eigenvalue weighted by Crippen LogP contribution is 2.36. The van der Waals surface area contributed by atoms with Crippen molar-refractivity contribution in [3.63, 3.8) is 0 Å². The van der Waals surface area contributed by atoms with Crippen LogP contribution in [0.2, 0.25) is 0 Å². The molecule has 0 bridgehead atoms. The maximum Gasteiger partial charge on any atom is 0.173 e. The quantitative estimate of drug-likeness (QED) is 0.686. The lowest BCUT2D eigenvalue weighted by atomic mass is 10.0. The van der Waals surface area contributed by atoms with Gasteiger partial charge in [-0.2, -0.15) is 0 Å². The van der Waals surface area contributed by atoms with Crippen LogP contribution < -0.4 is 9.47 Å². The van der Waals surface area contributed by atoms with Gasteiger partial charge < -0.3 is 14.4 Å². The van der Waals surface area contributed by atoms with Gasteiger partial charge in [0.25, 0.3) is 0 Å². The fourth-order valence-electron chi connectivity index (χ4n) is 3.57. The van der Waals surface area contributed by atoms with E-state index in [1.54, 1.807) is 14.2 Å². The zero-order valence-electron chi connectivity index (χ0n) is 17.6. The number of aryl methyl sites for hydroxylation is 1. The fraction of sp³-hybridized carbons (Fsp3) is 0.650. The summed E-state index contributed by atoms with van der Waals surface area (Å²) in [5.41, 5.74) is 1.06. The number of methoxy groups -OCH3 is 2. The molecule has 0 amide bonds. The predicted molar refractivity (Wildman–Crippen MR) is 108 cm³/mol. The van der Waals surface area contributed by atoms with Crippen LogP contribution in [-0.2, 0) is 6.54 Å². The van der Waals surface area contributed by atoms with Crippen molar-refractivity contribution in [2.24, 2.45) is 5.92 Å². The third-order valence-corrected chi connectivity index (χ3v) is 5.36. The molecule has 1 fully saturated rings. The highest BCUT2D eigenvalue weighted by Gasteiger charge is 2.32. The molecule has 2 heterocycles. The van der Waals surface area contributed by atoms with Crippen LogP contribution in [0, 0.1) is 5.92 Å². The molecule has 0 saturated carbocycles. The second-order valence-electron chi connectivity index (χ2n) is 7.79. The van der Waals surface area contributed by atoms with Crippen molar-refractivity contribution in [2.45, 2.75) is 32.9 Å². The van der Waals surface area contributed by atoms with E-state index in [1.807, 2.05) is 16.8 Å². The van der Waals surface area contributed by atoms with Crippen molar-refractivity contribution in [3.05, 3.63) is 29.6 Å². The molecule has 154 valence electrons. The lowest BCUT2D eigenvalue weighted by Gasteiger charge is -2.37. The van der Waals surface area contributed by atoms with Crippen LogP contribution in [0.4, 0.5) is 0 Å². The molecule has 0 radical (unpaired) electrons. The van der Waals surface area contributed by atoms with Crippen LogP contribution >= 0.6 is 0 Å². The highest BCUT2D eigenvalue weighted by atomic mass is 16.5. The first kappa shape index (κ1) is 20.5. The van der Waals surface area contributed by atoms with E-state index in [2.05, 4.69) is 52.3 Å². The Hall–Kier alpha value is -2.19. The molecule has 8 heteroatoms. The fourth-order valence-corrected chi connectivity index (χ4v) is 3.57. The Labute approximate surface area is 167 Å². The number of likely N-dealkylation sites (N-methyl/N-ethyl adjacent to an activating group) is 1. The number of rotatable bonds is 8. The van der Waals surface area contributed by atoms with Gasteiger partial charge in [-0.15, -0.1) is 5.10 Å². The Morgan fingerprint density at radius 3 is 2.46 bits per heavy atom. The number of ether oxygens (including phenoxy) is 2. The molecular weight excluding hydrogens is 356 g/mol. The summed E-state index contributed by atoms with van der Waals surface area (Å²) in [7, 11) is 5.52. The smallest absolute Gasteiger partial charge is 0.173 e. The molecule has 8 nitrogen and oxygen atoms in total. The van der Waals surface area contributed by atoms with Crippen molar-refractivity contribution >= 4 is 0 Å². The first-order valence-corrected chi connectivity index (χ1v) is 9.94. The minimum atomic E-state index is -0.0586. The monoisotopic (exact) mass is 388 g/mol. The molecule has 2 aromatic rings. The lowest BCUT2D eigenvalue weighted by molar-refractivity contribution is 0.120. The minimum Gasteiger partial charge on any atom is -0.497 e. The molecule has 3 rings (SSSR count). The number of benzene rings is 1. The highest BCUT2D eigenvalue weighted by molar-refractivity contribution is 5.44. The number of aromatic nitrogens is 4. The third kappa shape index (κ3) is 4.62. The van der Waals surface area contributed by atoms with E-state index in [4.69, 9.17) is 9.47 Å². The van der Waals surface area contributed by atoms with Gasteiger partial charge in [0, 0.05) is 44.4 Å². The average Bonchev–Trinajstić information content (AvgIpc) is 3.16. The zero-order valence-corrected chi connectivity index (χ0v) is 17.6. The van der Waals surface area contributed by atoms with Gasteiger partial charge in [-0.05, 0) is 41.9 Å². The average molecular weight is 389 g/mol. The Morgan fingerprint density at radius 2 is 1.82 bits per heavy atom. The second kappa shape index (κ2) is 9.34. The van der Waals surface area contributed by atoms with E-state index >= 15 is 0 Å². The minimum absolute atomic E-state index is 0.0586. The topological polar surface area (TPSA) is 68.5 Å². The van der Waals surface area contributed by atoms with E-state index in [0.29, 0.717) is 5.92 Å². The van der Waals surface area contributed by atoms with Gasteiger partial charge in [0.1, 0.15) is 17.5 Å². The Kier molecular flexibility index (Phi) is 6.85.